The maximum atomic E-state index is 3.71. The number of nitrogens with one attached hydrogen (secondary N) is 2. The molecule has 1 heterocycles. The highest BCUT2D eigenvalue weighted by Crippen LogP contribution is 2.33. The summed E-state index contributed by atoms with van der Waals surface area (Å²) in [7, 11) is 4.47. The summed E-state index contributed by atoms with van der Waals surface area (Å²) in [6.07, 6.45) is 5.18. The first-order valence-corrected chi connectivity index (χ1v) is 8.38. The minimum atomic E-state index is 0.638. The molecule has 1 aromatic heterocycles. The summed E-state index contributed by atoms with van der Waals surface area (Å²) in [6.45, 7) is 4.69. The molecule has 1 aliphatic rings. The van der Waals surface area contributed by atoms with E-state index >= 15 is 0 Å². The lowest BCUT2D eigenvalue weighted by molar-refractivity contribution is -0.860. The smallest absolute Gasteiger partial charge is 0.127 e. The fourth-order valence-corrected chi connectivity index (χ4v) is 3.62. The van der Waals surface area contributed by atoms with Gasteiger partial charge in [-0.25, -0.2) is 0 Å². The number of nitrogens with two attached hydrogens (primary N) is 1. The predicted molar refractivity (Wildman–Crippen MR) is 87.8 cm³/mol. The number of quaternary nitrogens is 2. The predicted octanol–water partition coefficient (Wildman–Crippen LogP) is 0.952. The number of H-pyrrole nitrogens is 1. The van der Waals surface area contributed by atoms with Crippen molar-refractivity contribution in [1.29, 1.82) is 0 Å². The summed E-state index contributed by atoms with van der Waals surface area (Å²) in [4.78, 5) is 5.26. The Morgan fingerprint density at radius 2 is 2.19 bits per heavy atom. The maximum absolute atomic E-state index is 3.71. The van der Waals surface area contributed by atoms with Gasteiger partial charge in [0.05, 0.1) is 32.9 Å². The second kappa shape index (κ2) is 6.20. The average Bonchev–Trinajstić information content (AvgIpc) is 2.82. The molecule has 0 aliphatic heterocycles. The van der Waals surface area contributed by atoms with Crippen LogP contribution in [0.4, 0.5) is 0 Å². The van der Waals surface area contributed by atoms with Crippen LogP contribution >= 0.6 is 0 Å². The third kappa shape index (κ3) is 3.14. The molecule has 21 heavy (non-hydrogen) atoms. The molecule has 0 unspecified atom stereocenters. The number of hydrogen-bond donors (Lipinski definition) is 3. The zero-order valence-corrected chi connectivity index (χ0v) is 13.6. The van der Waals surface area contributed by atoms with Crippen LogP contribution in [0.2, 0.25) is 0 Å². The lowest BCUT2D eigenvalue weighted by atomic mass is 9.91. The molecule has 1 aromatic carbocycles. The van der Waals surface area contributed by atoms with Gasteiger partial charge in [0.1, 0.15) is 6.04 Å². The highest BCUT2D eigenvalue weighted by molar-refractivity contribution is 5.85. The molecule has 0 bridgehead atoms. The molecule has 3 heteroatoms. The standard InChI is InChI=1S/C18H27N3/c1-13-8-9-16-15(12-13)14-6-4-7-17(18(14)20-16)19-10-5-11-21(2)3/h8-9,12,17,19-20H,4-7,10-11H2,1-3H3/p+2/t17-/m0/s1. The molecule has 0 fully saturated rings. The third-order valence-corrected chi connectivity index (χ3v) is 4.74. The lowest BCUT2D eigenvalue weighted by Gasteiger charge is -2.21. The lowest BCUT2D eigenvalue weighted by Crippen LogP contribution is -3.06. The maximum Gasteiger partial charge on any atom is 0.127 e. The Hall–Kier alpha value is -1.32. The van der Waals surface area contributed by atoms with Crippen molar-refractivity contribution in [2.45, 2.75) is 38.6 Å². The fourth-order valence-electron chi connectivity index (χ4n) is 3.62. The molecule has 3 rings (SSSR count). The van der Waals surface area contributed by atoms with E-state index in [0.717, 1.165) is 0 Å². The van der Waals surface area contributed by atoms with Gasteiger partial charge < -0.3 is 15.2 Å². The summed E-state index contributed by atoms with van der Waals surface area (Å²) in [5.74, 6) is 0. The molecule has 0 amide bonds. The topological polar surface area (TPSA) is 36.8 Å². The minimum absolute atomic E-state index is 0.638. The van der Waals surface area contributed by atoms with Gasteiger partial charge in [-0.15, -0.1) is 0 Å². The minimum Gasteiger partial charge on any atom is -0.353 e. The third-order valence-electron chi connectivity index (χ3n) is 4.74. The summed E-state index contributed by atoms with van der Waals surface area (Å²) in [6, 6.07) is 7.44. The first-order valence-electron chi connectivity index (χ1n) is 8.38. The molecule has 0 saturated carbocycles. The van der Waals surface area contributed by atoms with Crippen LogP contribution in [-0.4, -0.2) is 32.2 Å². The quantitative estimate of drug-likeness (QED) is 0.685. The largest absolute Gasteiger partial charge is 0.353 e. The molecule has 1 atom stereocenters. The Balaban J connectivity index is 1.77. The van der Waals surface area contributed by atoms with Gasteiger partial charge in [-0.3, -0.25) is 0 Å². The monoisotopic (exact) mass is 287 g/mol. The van der Waals surface area contributed by atoms with Crippen molar-refractivity contribution in [2.24, 2.45) is 0 Å². The number of aryl methyl sites for hydroxylation is 2. The normalized spacial score (nSPS) is 18.4. The molecular formula is C18H29N3+2. The van der Waals surface area contributed by atoms with Gasteiger partial charge in [-0.1, -0.05) is 11.6 Å². The van der Waals surface area contributed by atoms with Gasteiger partial charge in [-0.2, -0.15) is 0 Å². The highest BCUT2D eigenvalue weighted by Gasteiger charge is 2.26. The zero-order chi connectivity index (χ0) is 14.8. The molecule has 0 spiro atoms. The van der Waals surface area contributed by atoms with E-state index in [2.05, 4.69) is 49.5 Å². The van der Waals surface area contributed by atoms with Crippen LogP contribution in [0.15, 0.2) is 18.2 Å². The van der Waals surface area contributed by atoms with E-state index in [1.54, 1.807) is 10.5 Å². The Bertz CT molecular complexity index is 612. The summed E-state index contributed by atoms with van der Waals surface area (Å²) in [5, 5.41) is 4.02. The van der Waals surface area contributed by atoms with Gasteiger partial charge in [0.25, 0.3) is 0 Å². The van der Waals surface area contributed by atoms with Crippen molar-refractivity contribution in [3.63, 3.8) is 0 Å². The summed E-state index contributed by atoms with van der Waals surface area (Å²) in [5.41, 5.74) is 5.77. The van der Waals surface area contributed by atoms with Crippen molar-refractivity contribution in [3.05, 3.63) is 35.0 Å². The molecule has 2 aromatic rings. The molecule has 1 aliphatic carbocycles. The van der Waals surface area contributed by atoms with Crippen LogP contribution in [0.1, 0.15) is 42.1 Å². The van der Waals surface area contributed by atoms with Gasteiger partial charge >= 0.3 is 0 Å². The molecular weight excluding hydrogens is 258 g/mol. The van der Waals surface area contributed by atoms with E-state index in [9.17, 15) is 0 Å². The van der Waals surface area contributed by atoms with E-state index in [1.807, 2.05) is 0 Å². The number of aromatic nitrogens is 1. The van der Waals surface area contributed by atoms with Crippen molar-refractivity contribution in [2.75, 3.05) is 27.2 Å². The molecule has 0 saturated heterocycles. The SMILES string of the molecule is Cc1ccc2[nH]c3c(c2c1)CCC[C@@H]3[NH2+]CCC[NH+](C)C. The molecule has 0 radical (unpaired) electrons. The van der Waals surface area contributed by atoms with E-state index in [-0.39, 0.29) is 0 Å². The first-order chi connectivity index (χ1) is 10.1. The highest BCUT2D eigenvalue weighted by atomic mass is 15.1. The second-order valence-electron chi connectivity index (χ2n) is 6.90. The van der Waals surface area contributed by atoms with Gasteiger partial charge in [-0.05, 0) is 37.5 Å². The van der Waals surface area contributed by atoms with Crippen molar-refractivity contribution in [3.8, 4) is 0 Å². The van der Waals surface area contributed by atoms with Crippen LogP contribution in [0.25, 0.3) is 10.9 Å². The average molecular weight is 287 g/mol. The van der Waals surface area contributed by atoms with Crippen molar-refractivity contribution < 1.29 is 10.2 Å². The molecule has 114 valence electrons. The van der Waals surface area contributed by atoms with E-state index < -0.39 is 0 Å². The van der Waals surface area contributed by atoms with Crippen LogP contribution in [0.3, 0.4) is 0 Å². The number of rotatable bonds is 5. The van der Waals surface area contributed by atoms with Crippen molar-refractivity contribution in [1.82, 2.24) is 4.98 Å². The second-order valence-corrected chi connectivity index (χ2v) is 6.90. The van der Waals surface area contributed by atoms with Crippen LogP contribution in [0, 0.1) is 6.92 Å². The summed E-state index contributed by atoms with van der Waals surface area (Å²) < 4.78 is 0. The Labute approximate surface area is 127 Å². The van der Waals surface area contributed by atoms with Gasteiger partial charge in [0.15, 0.2) is 0 Å². The first kappa shape index (κ1) is 14.6. The Kier molecular flexibility index (Phi) is 4.32. The van der Waals surface area contributed by atoms with Gasteiger partial charge in [0, 0.05) is 23.7 Å². The van der Waals surface area contributed by atoms with Gasteiger partial charge in [0.2, 0.25) is 0 Å². The number of fused-ring (bicyclic) bond motifs is 3. The van der Waals surface area contributed by atoms with Crippen LogP contribution in [0.5, 0.6) is 0 Å². The van der Waals surface area contributed by atoms with Crippen LogP contribution < -0.4 is 10.2 Å². The fraction of sp³-hybridized carbons (Fsp3) is 0.556. The van der Waals surface area contributed by atoms with Crippen molar-refractivity contribution >= 4 is 10.9 Å². The molecule has 4 N–H and O–H groups in total. The van der Waals surface area contributed by atoms with E-state index in [0.29, 0.717) is 6.04 Å². The van der Waals surface area contributed by atoms with Crippen LogP contribution in [-0.2, 0) is 6.42 Å². The zero-order valence-electron chi connectivity index (χ0n) is 13.6. The number of benzene rings is 1. The number of hydrogen-bond acceptors (Lipinski definition) is 0. The Morgan fingerprint density at radius 1 is 1.33 bits per heavy atom. The molecule has 3 nitrogen and oxygen atoms in total. The Morgan fingerprint density at radius 3 is 3.00 bits per heavy atom. The van der Waals surface area contributed by atoms with E-state index in [4.69, 9.17) is 0 Å². The van der Waals surface area contributed by atoms with E-state index in [1.165, 1.54) is 60.9 Å². The summed E-state index contributed by atoms with van der Waals surface area (Å²) >= 11 is 0. The number of aromatic amines is 1.